The summed E-state index contributed by atoms with van der Waals surface area (Å²) in [6.45, 7) is 10.2. The van der Waals surface area contributed by atoms with Gasteiger partial charge >= 0.3 is 0 Å². The van der Waals surface area contributed by atoms with Gasteiger partial charge in [-0.25, -0.2) is 4.98 Å². The van der Waals surface area contributed by atoms with Crippen LogP contribution in [0.3, 0.4) is 0 Å². The minimum Gasteiger partial charge on any atom is -0.370 e. The zero-order valence-corrected chi connectivity index (χ0v) is 22.2. The van der Waals surface area contributed by atoms with Crippen LogP contribution in [0.5, 0.6) is 0 Å². The Balaban J connectivity index is 0.00000306. The lowest BCUT2D eigenvalue weighted by molar-refractivity contribution is -0.00834. The topological polar surface area (TPSA) is 54.7 Å². The van der Waals surface area contributed by atoms with Crippen LogP contribution in [0.2, 0.25) is 0 Å². The van der Waals surface area contributed by atoms with E-state index in [1.807, 2.05) is 26.4 Å². The van der Waals surface area contributed by atoms with Crippen molar-refractivity contribution >= 4 is 29.9 Å². The average molecular weight is 559 g/mol. The molecule has 2 heterocycles. The number of aliphatic imine (C=N–C) groups is 1. The molecule has 1 fully saturated rings. The fraction of sp³-hybridized carbons (Fsp3) is 0.385. The number of benzene rings is 2. The second-order valence-electron chi connectivity index (χ2n) is 8.49. The van der Waals surface area contributed by atoms with Gasteiger partial charge in [-0.05, 0) is 43.0 Å². The van der Waals surface area contributed by atoms with Crippen LogP contribution in [0.4, 0.5) is 0 Å². The van der Waals surface area contributed by atoms with Gasteiger partial charge in [0.15, 0.2) is 5.96 Å². The maximum Gasteiger partial charge on any atom is 0.194 e. The van der Waals surface area contributed by atoms with Crippen LogP contribution in [0.25, 0.3) is 0 Å². The molecule has 1 aliphatic rings. The van der Waals surface area contributed by atoms with Gasteiger partial charge in [-0.15, -0.1) is 24.0 Å². The monoisotopic (exact) mass is 559 g/mol. The number of halogens is 1. The molecule has 3 aromatic rings. The first-order valence-corrected chi connectivity index (χ1v) is 11.2. The molecule has 4 rings (SSSR count). The largest absolute Gasteiger partial charge is 0.370 e. The van der Waals surface area contributed by atoms with Crippen molar-refractivity contribution in [3.63, 3.8) is 0 Å². The molecule has 33 heavy (non-hydrogen) atoms. The molecule has 176 valence electrons. The van der Waals surface area contributed by atoms with Crippen molar-refractivity contribution in [2.24, 2.45) is 4.99 Å². The number of imidazole rings is 1. The van der Waals surface area contributed by atoms with Gasteiger partial charge in [0.1, 0.15) is 11.9 Å². The Morgan fingerprint density at radius 2 is 1.97 bits per heavy atom. The third-order valence-corrected chi connectivity index (χ3v) is 6.07. The highest BCUT2D eigenvalue weighted by atomic mass is 127. The molecular weight excluding hydrogens is 525 g/mol. The molecule has 1 atom stereocenters. The normalized spacial score (nSPS) is 16.4. The summed E-state index contributed by atoms with van der Waals surface area (Å²) in [5, 5.41) is 3.55. The van der Waals surface area contributed by atoms with Crippen molar-refractivity contribution in [2.75, 3.05) is 26.7 Å². The van der Waals surface area contributed by atoms with E-state index in [0.717, 1.165) is 38.0 Å². The number of morpholine rings is 1. The van der Waals surface area contributed by atoms with Gasteiger partial charge in [0.25, 0.3) is 0 Å². The lowest BCUT2D eigenvalue weighted by Crippen LogP contribution is -2.48. The minimum atomic E-state index is 0. The van der Waals surface area contributed by atoms with E-state index in [4.69, 9.17) is 4.74 Å². The highest BCUT2D eigenvalue weighted by Gasteiger charge is 2.25. The smallest absolute Gasteiger partial charge is 0.194 e. The van der Waals surface area contributed by atoms with E-state index in [1.165, 1.54) is 27.8 Å². The number of ether oxygens (including phenoxy) is 1. The molecule has 6 nitrogen and oxygen atoms in total. The zero-order valence-electron chi connectivity index (χ0n) is 19.9. The van der Waals surface area contributed by atoms with E-state index in [1.54, 1.807) is 0 Å². The molecule has 1 unspecified atom stereocenters. The fourth-order valence-corrected chi connectivity index (χ4v) is 4.34. The van der Waals surface area contributed by atoms with Crippen molar-refractivity contribution in [1.29, 1.82) is 0 Å². The molecule has 1 saturated heterocycles. The van der Waals surface area contributed by atoms with E-state index in [-0.39, 0.29) is 30.1 Å². The number of rotatable bonds is 5. The van der Waals surface area contributed by atoms with Gasteiger partial charge in [-0.2, -0.15) is 0 Å². The Morgan fingerprint density at radius 1 is 1.15 bits per heavy atom. The molecule has 1 aliphatic heterocycles. The summed E-state index contributed by atoms with van der Waals surface area (Å²) >= 11 is 0. The molecule has 0 aliphatic carbocycles. The lowest BCUT2D eigenvalue weighted by Gasteiger charge is -2.36. The van der Waals surface area contributed by atoms with Gasteiger partial charge in [0, 0.05) is 39.1 Å². The quantitative estimate of drug-likeness (QED) is 0.282. The van der Waals surface area contributed by atoms with E-state index in [0.29, 0.717) is 6.61 Å². The van der Waals surface area contributed by atoms with E-state index < -0.39 is 0 Å². The first-order valence-electron chi connectivity index (χ1n) is 11.2. The number of nitrogens with zero attached hydrogens (tertiary/aromatic N) is 4. The van der Waals surface area contributed by atoms with E-state index in [9.17, 15) is 0 Å². The number of nitrogens with one attached hydrogen (secondary N) is 1. The van der Waals surface area contributed by atoms with Gasteiger partial charge in [0.05, 0.1) is 13.2 Å². The Morgan fingerprint density at radius 3 is 2.70 bits per heavy atom. The number of hydrogen-bond donors (Lipinski definition) is 1. The van der Waals surface area contributed by atoms with Gasteiger partial charge in [-0.1, -0.05) is 48.0 Å². The Kier molecular flexibility index (Phi) is 8.91. The molecule has 7 heteroatoms. The number of aryl methyl sites for hydroxylation is 3. The lowest BCUT2D eigenvalue weighted by atomic mass is 10.00. The molecule has 0 bridgehead atoms. The van der Waals surface area contributed by atoms with E-state index in [2.05, 4.69) is 81.1 Å². The van der Waals surface area contributed by atoms with Crippen LogP contribution >= 0.6 is 24.0 Å². The van der Waals surface area contributed by atoms with Crippen LogP contribution in [-0.2, 0) is 17.8 Å². The van der Waals surface area contributed by atoms with Crippen molar-refractivity contribution in [3.05, 3.63) is 88.5 Å². The van der Waals surface area contributed by atoms with Crippen molar-refractivity contribution in [2.45, 2.75) is 40.0 Å². The molecule has 0 saturated carbocycles. The summed E-state index contributed by atoms with van der Waals surface area (Å²) in [6, 6.07) is 15.3. The van der Waals surface area contributed by atoms with Crippen LogP contribution in [0.15, 0.2) is 59.9 Å². The molecule has 1 aromatic heterocycles. The third-order valence-electron chi connectivity index (χ3n) is 6.07. The summed E-state index contributed by atoms with van der Waals surface area (Å²) in [5.74, 6) is 1.94. The zero-order chi connectivity index (χ0) is 22.5. The highest BCUT2D eigenvalue weighted by Crippen LogP contribution is 2.26. The van der Waals surface area contributed by atoms with Crippen molar-refractivity contribution < 1.29 is 4.74 Å². The third kappa shape index (κ3) is 6.35. The summed E-state index contributed by atoms with van der Waals surface area (Å²) in [5.41, 5.74) is 6.33. The predicted octanol–water partition coefficient (Wildman–Crippen LogP) is 4.62. The van der Waals surface area contributed by atoms with Crippen molar-refractivity contribution in [1.82, 2.24) is 19.8 Å². The van der Waals surface area contributed by atoms with E-state index >= 15 is 0 Å². The summed E-state index contributed by atoms with van der Waals surface area (Å²) in [6.07, 6.45) is 3.93. The standard InChI is InChI=1S/C26H33N5O.HI/c1-19-8-9-24(20(2)14-19)25-18-31(12-13-32-25)26(27-4)29-16-22-6-5-7-23(15-22)17-30-11-10-28-21(30)3;/h5-11,14-15,25H,12-13,16-18H2,1-4H3,(H,27,29);1H. The second-order valence-corrected chi connectivity index (χ2v) is 8.49. The summed E-state index contributed by atoms with van der Waals surface area (Å²) < 4.78 is 8.27. The first kappa shape index (κ1) is 25.2. The number of aromatic nitrogens is 2. The Labute approximate surface area is 214 Å². The number of hydrogen-bond acceptors (Lipinski definition) is 3. The SMILES string of the molecule is CN=C(NCc1cccc(Cn2ccnc2C)c1)N1CCOC(c2ccc(C)cc2C)C1.I. The van der Waals surface area contributed by atoms with Crippen LogP contribution in [0, 0.1) is 20.8 Å². The maximum atomic E-state index is 6.12. The van der Waals surface area contributed by atoms with Crippen LogP contribution in [0.1, 0.15) is 39.7 Å². The molecule has 0 amide bonds. The Bertz CT molecular complexity index is 1090. The van der Waals surface area contributed by atoms with Crippen LogP contribution in [-0.4, -0.2) is 47.2 Å². The summed E-state index contributed by atoms with van der Waals surface area (Å²) in [7, 11) is 1.85. The van der Waals surface area contributed by atoms with Gasteiger partial charge in [-0.3, -0.25) is 4.99 Å². The second kappa shape index (κ2) is 11.7. The van der Waals surface area contributed by atoms with Gasteiger partial charge < -0.3 is 19.5 Å². The molecule has 0 radical (unpaired) electrons. The summed E-state index contributed by atoms with van der Waals surface area (Å²) in [4.78, 5) is 11.2. The average Bonchev–Trinajstić information content (AvgIpc) is 3.19. The predicted molar refractivity (Wildman–Crippen MR) is 144 cm³/mol. The highest BCUT2D eigenvalue weighted by molar-refractivity contribution is 14.0. The van der Waals surface area contributed by atoms with Crippen LogP contribution < -0.4 is 5.32 Å². The Hall–Kier alpha value is -2.39. The number of guanidine groups is 1. The minimum absolute atomic E-state index is 0. The maximum absolute atomic E-state index is 6.12. The van der Waals surface area contributed by atoms with Gasteiger partial charge in [0.2, 0.25) is 0 Å². The fourth-order valence-electron chi connectivity index (χ4n) is 4.34. The van der Waals surface area contributed by atoms with Crippen molar-refractivity contribution in [3.8, 4) is 0 Å². The molecular formula is C26H34IN5O. The first-order chi connectivity index (χ1) is 15.5. The molecule has 0 spiro atoms. The molecule has 1 N–H and O–H groups in total. The molecule has 2 aromatic carbocycles.